The lowest BCUT2D eigenvalue weighted by molar-refractivity contribution is 0.912. The molecule has 3 heteroatoms. The molecule has 3 N–H and O–H groups in total. The number of rotatable bonds is 1. The highest BCUT2D eigenvalue weighted by Crippen LogP contribution is 2.25. The largest absolute Gasteiger partial charge is 0.397 e. The average molecular weight is 189 g/mol. The van der Waals surface area contributed by atoms with Crippen molar-refractivity contribution in [1.82, 2.24) is 5.32 Å². The molecule has 0 spiro atoms. The van der Waals surface area contributed by atoms with Gasteiger partial charge in [0.2, 0.25) is 0 Å². The van der Waals surface area contributed by atoms with E-state index in [1.165, 1.54) is 6.42 Å². The van der Waals surface area contributed by atoms with Crippen LogP contribution >= 0.6 is 0 Å². The Morgan fingerprint density at radius 1 is 1.43 bits per heavy atom. The number of para-hydroxylation sites is 1. The molecule has 1 heterocycles. The lowest BCUT2D eigenvalue weighted by atomic mass is 10.2. The molecule has 74 valence electrons. The van der Waals surface area contributed by atoms with Gasteiger partial charge in [0.05, 0.1) is 11.4 Å². The SMILES string of the molecule is Cc1cccc(N=C2CCCN2)c1N. The van der Waals surface area contributed by atoms with E-state index in [4.69, 9.17) is 5.73 Å². The molecule has 2 rings (SSSR count). The monoisotopic (exact) mass is 189 g/mol. The average Bonchev–Trinajstić information content (AvgIpc) is 2.66. The molecule has 1 fully saturated rings. The van der Waals surface area contributed by atoms with Gasteiger partial charge in [-0.25, -0.2) is 4.99 Å². The van der Waals surface area contributed by atoms with Gasteiger partial charge in [0.25, 0.3) is 0 Å². The summed E-state index contributed by atoms with van der Waals surface area (Å²) in [7, 11) is 0. The van der Waals surface area contributed by atoms with Gasteiger partial charge in [-0.2, -0.15) is 0 Å². The van der Waals surface area contributed by atoms with Crippen molar-refractivity contribution >= 4 is 17.2 Å². The summed E-state index contributed by atoms with van der Waals surface area (Å²) in [6, 6.07) is 5.94. The van der Waals surface area contributed by atoms with Gasteiger partial charge in [-0.05, 0) is 25.0 Å². The van der Waals surface area contributed by atoms with Crippen molar-refractivity contribution in [3.63, 3.8) is 0 Å². The number of benzene rings is 1. The zero-order valence-corrected chi connectivity index (χ0v) is 8.38. The van der Waals surface area contributed by atoms with E-state index in [2.05, 4.69) is 10.3 Å². The first-order valence-corrected chi connectivity index (χ1v) is 4.94. The van der Waals surface area contributed by atoms with Crippen LogP contribution in [0.1, 0.15) is 18.4 Å². The first kappa shape index (κ1) is 9.06. The number of aryl methyl sites for hydroxylation is 1. The molecule has 0 atom stereocenters. The molecule has 14 heavy (non-hydrogen) atoms. The summed E-state index contributed by atoms with van der Waals surface area (Å²) in [5, 5.41) is 3.25. The minimum absolute atomic E-state index is 0.786. The summed E-state index contributed by atoms with van der Waals surface area (Å²) >= 11 is 0. The molecule has 0 saturated carbocycles. The molecule has 0 bridgehead atoms. The number of aliphatic imine (C=N–C) groups is 1. The summed E-state index contributed by atoms with van der Waals surface area (Å²) in [6.07, 6.45) is 2.21. The standard InChI is InChI=1S/C11H15N3/c1-8-4-2-5-9(11(8)12)14-10-6-3-7-13-10/h2,4-5H,3,6-7,12H2,1H3,(H,13,14). The molecule has 1 aromatic rings. The summed E-state index contributed by atoms with van der Waals surface area (Å²) < 4.78 is 0. The number of hydrogen-bond acceptors (Lipinski definition) is 2. The topological polar surface area (TPSA) is 50.4 Å². The maximum atomic E-state index is 5.93. The van der Waals surface area contributed by atoms with Gasteiger partial charge in [-0.3, -0.25) is 0 Å². The van der Waals surface area contributed by atoms with Crippen LogP contribution in [-0.2, 0) is 0 Å². The van der Waals surface area contributed by atoms with E-state index < -0.39 is 0 Å². The summed E-state index contributed by atoms with van der Waals surface area (Å²) in [4.78, 5) is 4.50. The smallest absolute Gasteiger partial charge is 0.102 e. The van der Waals surface area contributed by atoms with Crippen LogP contribution in [0.15, 0.2) is 23.2 Å². The van der Waals surface area contributed by atoms with Crippen LogP contribution in [0.5, 0.6) is 0 Å². The molecular formula is C11H15N3. The van der Waals surface area contributed by atoms with E-state index in [1.54, 1.807) is 0 Å². The minimum atomic E-state index is 0.786. The van der Waals surface area contributed by atoms with Crippen molar-refractivity contribution in [1.29, 1.82) is 0 Å². The van der Waals surface area contributed by atoms with Gasteiger partial charge in [-0.1, -0.05) is 12.1 Å². The van der Waals surface area contributed by atoms with Gasteiger partial charge < -0.3 is 11.1 Å². The first-order valence-electron chi connectivity index (χ1n) is 4.94. The van der Waals surface area contributed by atoms with Crippen LogP contribution in [0.4, 0.5) is 11.4 Å². The predicted octanol–water partition coefficient (Wildman–Crippen LogP) is 1.99. The van der Waals surface area contributed by atoms with Crippen LogP contribution in [0.2, 0.25) is 0 Å². The molecular weight excluding hydrogens is 174 g/mol. The molecule has 1 aliphatic heterocycles. The molecule has 1 aliphatic rings. The number of nitrogens with one attached hydrogen (secondary N) is 1. The Kier molecular flexibility index (Phi) is 2.39. The number of amidine groups is 1. The number of nitrogens with zero attached hydrogens (tertiary/aromatic N) is 1. The van der Waals surface area contributed by atoms with Crippen molar-refractivity contribution in [2.45, 2.75) is 19.8 Å². The van der Waals surface area contributed by atoms with Crippen molar-refractivity contribution in [3.8, 4) is 0 Å². The van der Waals surface area contributed by atoms with Gasteiger partial charge >= 0.3 is 0 Å². The van der Waals surface area contributed by atoms with E-state index in [1.807, 2.05) is 25.1 Å². The Hall–Kier alpha value is -1.51. The molecule has 1 saturated heterocycles. The maximum Gasteiger partial charge on any atom is 0.102 e. The van der Waals surface area contributed by atoms with Gasteiger partial charge in [0.15, 0.2) is 0 Å². The maximum absolute atomic E-state index is 5.93. The summed E-state index contributed by atoms with van der Waals surface area (Å²) in [5.74, 6) is 1.06. The second kappa shape index (κ2) is 3.70. The third-order valence-electron chi connectivity index (χ3n) is 2.48. The number of hydrogen-bond donors (Lipinski definition) is 2. The van der Waals surface area contributed by atoms with Crippen LogP contribution in [0.25, 0.3) is 0 Å². The van der Waals surface area contributed by atoms with Crippen molar-refractivity contribution in [2.75, 3.05) is 12.3 Å². The van der Waals surface area contributed by atoms with E-state index in [9.17, 15) is 0 Å². The number of anilines is 1. The quantitative estimate of drug-likeness (QED) is 0.664. The molecule has 0 radical (unpaired) electrons. The molecule has 0 amide bonds. The van der Waals surface area contributed by atoms with Crippen LogP contribution in [0, 0.1) is 6.92 Å². The number of nitrogens with two attached hydrogens (primary N) is 1. The van der Waals surface area contributed by atoms with Crippen molar-refractivity contribution in [3.05, 3.63) is 23.8 Å². The Morgan fingerprint density at radius 3 is 3.00 bits per heavy atom. The predicted molar refractivity (Wildman–Crippen MR) is 59.9 cm³/mol. The van der Waals surface area contributed by atoms with Crippen LogP contribution < -0.4 is 11.1 Å². The van der Waals surface area contributed by atoms with Gasteiger partial charge in [0.1, 0.15) is 5.84 Å². The Labute approximate surface area is 84.0 Å². The van der Waals surface area contributed by atoms with E-state index in [-0.39, 0.29) is 0 Å². The third-order valence-corrected chi connectivity index (χ3v) is 2.48. The second-order valence-electron chi connectivity index (χ2n) is 3.60. The van der Waals surface area contributed by atoms with E-state index in [0.717, 1.165) is 35.7 Å². The fraction of sp³-hybridized carbons (Fsp3) is 0.364. The lowest BCUT2D eigenvalue weighted by Gasteiger charge is -2.04. The minimum Gasteiger partial charge on any atom is -0.397 e. The zero-order chi connectivity index (χ0) is 9.97. The Bertz CT molecular complexity index is 361. The zero-order valence-electron chi connectivity index (χ0n) is 8.38. The highest BCUT2D eigenvalue weighted by atomic mass is 15.0. The normalized spacial score (nSPS) is 18.5. The van der Waals surface area contributed by atoms with Gasteiger partial charge in [-0.15, -0.1) is 0 Å². The summed E-state index contributed by atoms with van der Waals surface area (Å²) in [5.41, 5.74) is 8.68. The Morgan fingerprint density at radius 2 is 2.29 bits per heavy atom. The second-order valence-corrected chi connectivity index (χ2v) is 3.60. The fourth-order valence-corrected chi connectivity index (χ4v) is 1.58. The highest BCUT2D eigenvalue weighted by molar-refractivity contribution is 5.88. The Balaban J connectivity index is 2.32. The van der Waals surface area contributed by atoms with Crippen molar-refractivity contribution in [2.24, 2.45) is 4.99 Å². The van der Waals surface area contributed by atoms with Crippen molar-refractivity contribution < 1.29 is 0 Å². The number of nitrogen functional groups attached to an aromatic ring is 1. The first-order chi connectivity index (χ1) is 6.77. The molecule has 0 aromatic heterocycles. The third kappa shape index (κ3) is 1.71. The molecule has 0 unspecified atom stereocenters. The van der Waals surface area contributed by atoms with Gasteiger partial charge in [0, 0.05) is 13.0 Å². The van der Waals surface area contributed by atoms with Crippen LogP contribution in [0.3, 0.4) is 0 Å². The van der Waals surface area contributed by atoms with Crippen LogP contribution in [-0.4, -0.2) is 12.4 Å². The molecule has 3 nitrogen and oxygen atoms in total. The fourth-order valence-electron chi connectivity index (χ4n) is 1.58. The molecule has 0 aliphatic carbocycles. The molecule has 1 aromatic carbocycles. The van der Waals surface area contributed by atoms with E-state index in [0.29, 0.717) is 0 Å². The summed E-state index contributed by atoms with van der Waals surface area (Å²) in [6.45, 7) is 3.03. The highest BCUT2D eigenvalue weighted by Gasteiger charge is 2.07. The lowest BCUT2D eigenvalue weighted by Crippen LogP contribution is -2.13. The van der Waals surface area contributed by atoms with E-state index >= 15 is 0 Å².